The molecule has 0 saturated carbocycles. The Morgan fingerprint density at radius 1 is 1.30 bits per heavy atom. The van der Waals surface area contributed by atoms with Crippen molar-refractivity contribution in [3.8, 4) is 0 Å². The van der Waals surface area contributed by atoms with Crippen LogP contribution in [0.1, 0.15) is 47.0 Å². The molecule has 0 bridgehead atoms. The van der Waals surface area contributed by atoms with E-state index in [1.54, 1.807) is 0 Å². The Balaban J connectivity index is 2.31. The summed E-state index contributed by atoms with van der Waals surface area (Å²) in [7, 11) is 0. The molecule has 118 valence electrons. The van der Waals surface area contributed by atoms with Gasteiger partial charge in [-0.15, -0.1) is 0 Å². The molecular formula is C15H31N3O2. The van der Waals surface area contributed by atoms with Gasteiger partial charge in [-0.3, -0.25) is 9.69 Å². The fourth-order valence-electron chi connectivity index (χ4n) is 2.66. The van der Waals surface area contributed by atoms with Crippen LogP contribution in [0.4, 0.5) is 0 Å². The molecule has 0 spiro atoms. The van der Waals surface area contributed by atoms with Crippen LogP contribution in [0.2, 0.25) is 0 Å². The lowest BCUT2D eigenvalue weighted by atomic mass is 10.1. The largest absolute Gasteiger partial charge is 0.462 e. The minimum absolute atomic E-state index is 0.0377. The number of rotatable bonds is 8. The number of nitrogens with two attached hydrogens (primary N) is 1. The standard InChI is InChI=1S/C15H31N3O2/c1-11(2)18(10-8-16)9-7-13-5-6-14(17-13)15(19)20-12(3)4/h11-14,17H,5-10,16H2,1-4H3. The number of nitrogens with one attached hydrogen (secondary N) is 1. The van der Waals surface area contributed by atoms with Crippen molar-refractivity contribution in [3.63, 3.8) is 0 Å². The average molecular weight is 285 g/mol. The van der Waals surface area contributed by atoms with E-state index < -0.39 is 0 Å². The second-order valence-corrected chi connectivity index (χ2v) is 6.19. The van der Waals surface area contributed by atoms with Gasteiger partial charge in [-0.25, -0.2) is 0 Å². The normalized spacial score (nSPS) is 23.0. The monoisotopic (exact) mass is 285 g/mol. The Morgan fingerprint density at radius 3 is 2.55 bits per heavy atom. The molecule has 1 aliphatic rings. The second kappa shape index (κ2) is 8.60. The first kappa shape index (κ1) is 17.4. The molecule has 0 aromatic heterocycles. The van der Waals surface area contributed by atoms with E-state index in [0.29, 0.717) is 18.6 Å². The number of ether oxygens (including phenoxy) is 1. The smallest absolute Gasteiger partial charge is 0.323 e. The molecule has 1 rings (SSSR count). The highest BCUT2D eigenvalue weighted by Gasteiger charge is 2.30. The van der Waals surface area contributed by atoms with Gasteiger partial charge in [-0.05, 0) is 53.5 Å². The van der Waals surface area contributed by atoms with Crippen LogP contribution in [0.15, 0.2) is 0 Å². The van der Waals surface area contributed by atoms with E-state index in [0.717, 1.165) is 32.4 Å². The third-order valence-corrected chi connectivity index (χ3v) is 3.79. The van der Waals surface area contributed by atoms with Gasteiger partial charge in [0.2, 0.25) is 0 Å². The van der Waals surface area contributed by atoms with E-state index >= 15 is 0 Å². The Labute approximate surface area is 123 Å². The van der Waals surface area contributed by atoms with Crippen LogP contribution in [0.25, 0.3) is 0 Å². The highest BCUT2D eigenvalue weighted by Crippen LogP contribution is 2.17. The summed E-state index contributed by atoms with van der Waals surface area (Å²) in [5.74, 6) is -0.106. The molecule has 2 atom stereocenters. The van der Waals surface area contributed by atoms with Crippen LogP contribution in [-0.4, -0.2) is 54.7 Å². The third-order valence-electron chi connectivity index (χ3n) is 3.79. The minimum Gasteiger partial charge on any atom is -0.462 e. The summed E-state index contributed by atoms with van der Waals surface area (Å²) < 4.78 is 5.26. The van der Waals surface area contributed by atoms with Gasteiger partial charge in [0, 0.05) is 25.2 Å². The third kappa shape index (κ3) is 5.77. The summed E-state index contributed by atoms with van der Waals surface area (Å²) in [4.78, 5) is 14.2. The molecular weight excluding hydrogens is 254 g/mol. The average Bonchev–Trinajstić information content (AvgIpc) is 2.82. The minimum atomic E-state index is -0.121. The Hall–Kier alpha value is -0.650. The summed E-state index contributed by atoms with van der Waals surface area (Å²) in [6.45, 7) is 10.8. The molecule has 1 aliphatic heterocycles. The first-order valence-electron chi connectivity index (χ1n) is 7.84. The van der Waals surface area contributed by atoms with Gasteiger partial charge >= 0.3 is 5.97 Å². The topological polar surface area (TPSA) is 67.6 Å². The Morgan fingerprint density at radius 2 is 2.00 bits per heavy atom. The molecule has 0 aromatic carbocycles. The molecule has 2 unspecified atom stereocenters. The Kier molecular flexibility index (Phi) is 7.48. The lowest BCUT2D eigenvalue weighted by Crippen LogP contribution is -2.41. The van der Waals surface area contributed by atoms with Crippen molar-refractivity contribution in [1.29, 1.82) is 0 Å². The quantitative estimate of drug-likeness (QED) is 0.654. The maximum Gasteiger partial charge on any atom is 0.323 e. The van der Waals surface area contributed by atoms with Crippen LogP contribution in [0, 0.1) is 0 Å². The first-order valence-corrected chi connectivity index (χ1v) is 7.84. The highest BCUT2D eigenvalue weighted by atomic mass is 16.5. The molecule has 0 radical (unpaired) electrons. The Bertz CT molecular complexity index is 295. The van der Waals surface area contributed by atoms with E-state index in [1.807, 2.05) is 13.8 Å². The van der Waals surface area contributed by atoms with E-state index in [1.165, 1.54) is 0 Å². The van der Waals surface area contributed by atoms with Crippen molar-refractivity contribution in [2.24, 2.45) is 5.73 Å². The zero-order valence-electron chi connectivity index (χ0n) is 13.4. The lowest BCUT2D eigenvalue weighted by molar-refractivity contribution is -0.149. The van der Waals surface area contributed by atoms with Crippen LogP contribution < -0.4 is 11.1 Å². The van der Waals surface area contributed by atoms with E-state index in [9.17, 15) is 4.79 Å². The van der Waals surface area contributed by atoms with Gasteiger partial charge in [0.25, 0.3) is 0 Å². The van der Waals surface area contributed by atoms with Gasteiger partial charge in [0.05, 0.1) is 6.10 Å². The summed E-state index contributed by atoms with van der Waals surface area (Å²) in [6, 6.07) is 0.810. The molecule has 5 nitrogen and oxygen atoms in total. The zero-order chi connectivity index (χ0) is 15.1. The zero-order valence-corrected chi connectivity index (χ0v) is 13.4. The summed E-state index contributed by atoms with van der Waals surface area (Å²) in [5, 5.41) is 3.40. The number of esters is 1. The molecule has 0 aromatic rings. The predicted octanol–water partition coefficient (Wildman–Crippen LogP) is 1.12. The predicted molar refractivity (Wildman–Crippen MR) is 81.6 cm³/mol. The van der Waals surface area contributed by atoms with E-state index in [-0.39, 0.29) is 18.1 Å². The van der Waals surface area contributed by atoms with E-state index in [2.05, 4.69) is 24.1 Å². The van der Waals surface area contributed by atoms with Crippen molar-refractivity contribution >= 4 is 5.97 Å². The van der Waals surface area contributed by atoms with Crippen molar-refractivity contribution < 1.29 is 9.53 Å². The molecule has 0 aliphatic carbocycles. The fraction of sp³-hybridized carbons (Fsp3) is 0.933. The number of carbonyl (C=O) groups is 1. The van der Waals surface area contributed by atoms with Crippen LogP contribution in [-0.2, 0) is 9.53 Å². The second-order valence-electron chi connectivity index (χ2n) is 6.19. The SMILES string of the molecule is CC(C)OC(=O)C1CCC(CCN(CCN)C(C)C)N1. The van der Waals surface area contributed by atoms with Crippen LogP contribution in [0.5, 0.6) is 0 Å². The van der Waals surface area contributed by atoms with Gasteiger partial charge in [-0.2, -0.15) is 0 Å². The van der Waals surface area contributed by atoms with Crippen molar-refractivity contribution in [2.45, 2.75) is 71.2 Å². The molecule has 3 N–H and O–H groups in total. The van der Waals surface area contributed by atoms with Crippen molar-refractivity contribution in [2.75, 3.05) is 19.6 Å². The van der Waals surface area contributed by atoms with Crippen molar-refractivity contribution in [1.82, 2.24) is 10.2 Å². The fourth-order valence-corrected chi connectivity index (χ4v) is 2.66. The highest BCUT2D eigenvalue weighted by molar-refractivity contribution is 5.76. The lowest BCUT2D eigenvalue weighted by Gasteiger charge is -2.27. The maximum atomic E-state index is 11.8. The summed E-state index contributed by atoms with van der Waals surface area (Å²) in [6.07, 6.45) is 2.95. The summed E-state index contributed by atoms with van der Waals surface area (Å²) in [5.41, 5.74) is 5.64. The molecule has 5 heteroatoms. The molecule has 1 fully saturated rings. The number of nitrogens with zero attached hydrogens (tertiary/aromatic N) is 1. The van der Waals surface area contributed by atoms with Crippen LogP contribution >= 0.6 is 0 Å². The van der Waals surface area contributed by atoms with Gasteiger partial charge in [0.1, 0.15) is 6.04 Å². The number of hydrogen-bond donors (Lipinski definition) is 2. The molecule has 1 saturated heterocycles. The summed E-state index contributed by atoms with van der Waals surface area (Å²) >= 11 is 0. The van der Waals surface area contributed by atoms with Gasteiger partial charge in [0.15, 0.2) is 0 Å². The maximum absolute atomic E-state index is 11.8. The van der Waals surface area contributed by atoms with Gasteiger partial charge in [-0.1, -0.05) is 0 Å². The molecule has 1 heterocycles. The number of carbonyl (C=O) groups excluding carboxylic acids is 1. The molecule has 0 amide bonds. The first-order chi connectivity index (χ1) is 9.43. The van der Waals surface area contributed by atoms with E-state index in [4.69, 9.17) is 10.5 Å². The van der Waals surface area contributed by atoms with Crippen molar-refractivity contribution in [3.05, 3.63) is 0 Å². The van der Waals surface area contributed by atoms with Gasteiger partial charge < -0.3 is 15.8 Å². The number of hydrogen-bond acceptors (Lipinski definition) is 5. The molecule has 20 heavy (non-hydrogen) atoms. The van der Waals surface area contributed by atoms with Crippen LogP contribution in [0.3, 0.4) is 0 Å².